The highest BCUT2D eigenvalue weighted by Gasteiger charge is 2.24. The van der Waals surface area contributed by atoms with Crippen molar-refractivity contribution < 1.29 is 13.4 Å². The number of hydrogen-bond acceptors (Lipinski definition) is 2. The highest BCUT2D eigenvalue weighted by Crippen LogP contribution is 2.16. The Hall–Kier alpha value is -1.23. The lowest BCUT2D eigenvalue weighted by molar-refractivity contribution is -0.127. The van der Waals surface area contributed by atoms with Gasteiger partial charge in [0.1, 0.15) is 11.1 Å². The van der Waals surface area contributed by atoms with Crippen molar-refractivity contribution in [2.45, 2.75) is 17.1 Å². The van der Waals surface area contributed by atoms with E-state index in [1.165, 1.54) is 30.0 Å². The number of carbonyl (C=O) groups excluding carboxylic acids is 1. The summed E-state index contributed by atoms with van der Waals surface area (Å²) in [6.07, 6.45) is 0. The molecule has 2 unspecified atom stereocenters. The summed E-state index contributed by atoms with van der Waals surface area (Å²) in [7, 11) is 1.50. The summed E-state index contributed by atoms with van der Waals surface area (Å²) in [6, 6.07) is 5.79. The van der Waals surface area contributed by atoms with E-state index in [1.54, 1.807) is 20.2 Å². The predicted octanol–water partition coefficient (Wildman–Crippen LogP) is 1.41. The predicted molar refractivity (Wildman–Crippen MR) is 61.0 cm³/mol. The van der Waals surface area contributed by atoms with Crippen molar-refractivity contribution >= 4 is 16.7 Å². The van der Waals surface area contributed by atoms with Gasteiger partial charge in [0.15, 0.2) is 0 Å². The molecule has 1 aromatic rings. The van der Waals surface area contributed by atoms with Crippen molar-refractivity contribution in [3.8, 4) is 0 Å². The summed E-state index contributed by atoms with van der Waals surface area (Å²) in [4.78, 5) is 13.0. The van der Waals surface area contributed by atoms with Gasteiger partial charge in [0.25, 0.3) is 0 Å². The average molecular weight is 243 g/mol. The van der Waals surface area contributed by atoms with E-state index in [1.807, 2.05) is 0 Å². The third-order valence-electron chi connectivity index (χ3n) is 2.16. The van der Waals surface area contributed by atoms with Gasteiger partial charge in [-0.1, -0.05) is 12.1 Å². The fourth-order valence-corrected chi connectivity index (χ4v) is 2.50. The fraction of sp³-hybridized carbons (Fsp3) is 0.364. The van der Waals surface area contributed by atoms with Gasteiger partial charge < -0.3 is 4.90 Å². The Kier molecular flexibility index (Phi) is 4.18. The molecule has 16 heavy (non-hydrogen) atoms. The van der Waals surface area contributed by atoms with Crippen molar-refractivity contribution in [3.05, 3.63) is 30.1 Å². The monoisotopic (exact) mass is 243 g/mol. The number of nitrogens with zero attached hydrogens (tertiary/aromatic N) is 1. The normalized spacial score (nSPS) is 14.2. The minimum Gasteiger partial charge on any atom is -0.348 e. The molecular formula is C11H14FNO2S. The maximum absolute atomic E-state index is 13.3. The Morgan fingerprint density at radius 3 is 2.44 bits per heavy atom. The van der Waals surface area contributed by atoms with Gasteiger partial charge >= 0.3 is 0 Å². The molecule has 0 radical (unpaired) electrons. The summed E-state index contributed by atoms with van der Waals surface area (Å²) in [5.74, 6) is -0.819. The Morgan fingerprint density at radius 1 is 1.38 bits per heavy atom. The Labute approximate surface area is 96.7 Å². The van der Waals surface area contributed by atoms with E-state index in [0.29, 0.717) is 0 Å². The molecule has 0 spiro atoms. The number of hydrogen-bond donors (Lipinski definition) is 0. The molecule has 0 N–H and O–H groups in total. The molecule has 1 aromatic carbocycles. The number of rotatable bonds is 3. The number of amides is 1. The van der Waals surface area contributed by atoms with E-state index in [9.17, 15) is 13.4 Å². The first-order valence-electron chi connectivity index (χ1n) is 4.81. The van der Waals surface area contributed by atoms with Crippen molar-refractivity contribution in [2.24, 2.45) is 0 Å². The van der Waals surface area contributed by atoms with Crippen molar-refractivity contribution in [2.75, 3.05) is 14.1 Å². The van der Waals surface area contributed by atoms with E-state index in [0.717, 1.165) is 0 Å². The van der Waals surface area contributed by atoms with Crippen molar-refractivity contribution in [1.29, 1.82) is 0 Å². The minimum absolute atomic E-state index is 0.0743. The van der Waals surface area contributed by atoms with Crippen molar-refractivity contribution in [3.63, 3.8) is 0 Å². The third-order valence-corrected chi connectivity index (χ3v) is 3.77. The average Bonchev–Trinajstić information content (AvgIpc) is 2.26. The molecule has 88 valence electrons. The second-order valence-corrected chi connectivity index (χ2v) is 5.34. The van der Waals surface area contributed by atoms with Crippen LogP contribution < -0.4 is 0 Å². The summed E-state index contributed by atoms with van der Waals surface area (Å²) in [6.45, 7) is 1.53. The second-order valence-electron chi connectivity index (χ2n) is 3.60. The molecule has 1 amide bonds. The molecule has 0 aromatic heterocycles. The van der Waals surface area contributed by atoms with Gasteiger partial charge in [-0.25, -0.2) is 4.39 Å². The lowest BCUT2D eigenvalue weighted by Crippen LogP contribution is -2.34. The van der Waals surface area contributed by atoms with E-state index < -0.39 is 21.9 Å². The zero-order chi connectivity index (χ0) is 12.3. The van der Waals surface area contributed by atoms with Crippen LogP contribution in [0.15, 0.2) is 29.2 Å². The first kappa shape index (κ1) is 12.8. The summed E-state index contributed by atoms with van der Waals surface area (Å²) < 4.78 is 25.3. The van der Waals surface area contributed by atoms with Crippen LogP contribution in [0.25, 0.3) is 0 Å². The first-order chi connectivity index (χ1) is 7.45. The molecule has 1 rings (SSSR count). The highest BCUT2D eigenvalue weighted by atomic mass is 32.2. The molecule has 0 aliphatic heterocycles. The quantitative estimate of drug-likeness (QED) is 0.805. The second kappa shape index (κ2) is 5.21. The van der Waals surface area contributed by atoms with Crippen LogP contribution in [0.1, 0.15) is 6.92 Å². The molecule has 0 fully saturated rings. The zero-order valence-electron chi connectivity index (χ0n) is 9.44. The van der Waals surface area contributed by atoms with Crippen LogP contribution in [-0.2, 0) is 15.6 Å². The van der Waals surface area contributed by atoms with Crippen LogP contribution in [0, 0.1) is 5.82 Å². The standard InChI is InChI=1S/C11H14FNO2S/c1-8(11(14)13(2)3)16(15)10-7-5-4-6-9(10)12/h4-8H,1-3H3. The maximum Gasteiger partial charge on any atom is 0.237 e. The highest BCUT2D eigenvalue weighted by molar-refractivity contribution is 7.86. The summed E-state index contributed by atoms with van der Waals surface area (Å²) in [5.41, 5.74) is 0. The van der Waals surface area contributed by atoms with Crippen LogP contribution >= 0.6 is 0 Å². The molecule has 0 heterocycles. The summed E-state index contributed by atoms with van der Waals surface area (Å²) in [5, 5.41) is -0.744. The van der Waals surface area contributed by atoms with E-state index in [-0.39, 0.29) is 10.8 Å². The number of carbonyl (C=O) groups is 1. The van der Waals surface area contributed by atoms with E-state index >= 15 is 0 Å². The minimum atomic E-state index is -1.66. The van der Waals surface area contributed by atoms with Crippen LogP contribution in [0.2, 0.25) is 0 Å². The molecule has 0 saturated carbocycles. The topological polar surface area (TPSA) is 37.4 Å². The largest absolute Gasteiger partial charge is 0.348 e. The van der Waals surface area contributed by atoms with Gasteiger partial charge in [-0.2, -0.15) is 0 Å². The van der Waals surface area contributed by atoms with Crippen molar-refractivity contribution in [1.82, 2.24) is 4.90 Å². The number of benzene rings is 1. The van der Waals surface area contributed by atoms with Crippen LogP contribution in [0.3, 0.4) is 0 Å². The van der Waals surface area contributed by atoms with Gasteiger partial charge in [0, 0.05) is 14.1 Å². The smallest absolute Gasteiger partial charge is 0.237 e. The van der Waals surface area contributed by atoms with Crippen LogP contribution in [0.5, 0.6) is 0 Å². The van der Waals surface area contributed by atoms with Gasteiger partial charge in [0.2, 0.25) is 5.91 Å². The van der Waals surface area contributed by atoms with E-state index in [4.69, 9.17) is 0 Å². The summed E-state index contributed by atoms with van der Waals surface area (Å²) >= 11 is 0. The molecular weight excluding hydrogens is 229 g/mol. The Bertz CT molecular complexity index is 420. The molecule has 0 aliphatic carbocycles. The molecule has 2 atom stereocenters. The lowest BCUT2D eigenvalue weighted by Gasteiger charge is -2.16. The van der Waals surface area contributed by atoms with Crippen LogP contribution in [-0.4, -0.2) is 34.4 Å². The molecule has 0 bridgehead atoms. The third kappa shape index (κ3) is 2.66. The van der Waals surface area contributed by atoms with Gasteiger partial charge in [-0.15, -0.1) is 0 Å². The van der Waals surface area contributed by atoms with Gasteiger partial charge in [0.05, 0.1) is 15.7 Å². The molecule has 5 heteroatoms. The number of halogens is 1. The molecule has 3 nitrogen and oxygen atoms in total. The zero-order valence-corrected chi connectivity index (χ0v) is 10.3. The fourth-order valence-electron chi connectivity index (χ4n) is 1.25. The SMILES string of the molecule is CC(C(=O)N(C)C)S(=O)c1ccccc1F. The molecule has 0 aliphatic rings. The first-order valence-corrected chi connectivity index (χ1v) is 6.02. The molecule has 0 saturated heterocycles. The van der Waals surface area contributed by atoms with E-state index in [2.05, 4.69) is 0 Å². The Balaban J connectivity index is 2.95. The van der Waals surface area contributed by atoms with Crippen LogP contribution in [0.4, 0.5) is 4.39 Å². The van der Waals surface area contributed by atoms with Gasteiger partial charge in [-0.05, 0) is 19.1 Å². The Morgan fingerprint density at radius 2 is 1.94 bits per heavy atom. The van der Waals surface area contributed by atoms with Gasteiger partial charge in [-0.3, -0.25) is 9.00 Å². The maximum atomic E-state index is 13.3. The lowest BCUT2D eigenvalue weighted by atomic mass is 10.3.